The van der Waals surface area contributed by atoms with E-state index in [-0.39, 0.29) is 34.1 Å². The molecule has 0 atom stereocenters. The third-order valence-corrected chi connectivity index (χ3v) is 9.69. The van der Waals surface area contributed by atoms with Crippen LogP contribution in [0.3, 0.4) is 0 Å². The first kappa shape index (κ1) is 28.9. The van der Waals surface area contributed by atoms with Crippen molar-refractivity contribution in [2.45, 2.75) is 0 Å². The standard InChI is InChI=1S/C40H29N5O3/c1-42-26(19-41)32-36(30-21-11-6-8-13-23(21)38(43(2)3)24-14-9-7-12-22(24)30)40(48)37(32)35-31-25(15-10-16-28(31)46)39-33-27(44(4)20-45(39)5)17-18-29(47)34(33)35/h6-18H,20H2,2-5H3,(H2-,46,47,48)/p+1/b32-26+. The number of phenolic OH excluding ortho intramolecular Hbond substituents is 2. The van der Waals surface area contributed by atoms with Gasteiger partial charge in [0.05, 0.1) is 36.1 Å². The summed E-state index contributed by atoms with van der Waals surface area (Å²) in [7, 11) is 7.91. The van der Waals surface area contributed by atoms with Gasteiger partial charge < -0.3 is 25.1 Å². The molecule has 2 aliphatic carbocycles. The van der Waals surface area contributed by atoms with Gasteiger partial charge in [0.2, 0.25) is 5.71 Å². The van der Waals surface area contributed by atoms with Crippen molar-refractivity contribution in [1.82, 2.24) is 0 Å². The number of benzene rings is 5. The molecule has 0 bridgehead atoms. The number of aromatic hydroxyl groups is 2. The molecule has 8 heteroatoms. The molecule has 0 amide bonds. The molecule has 8 rings (SSSR count). The molecule has 3 N–H and O–H groups in total. The minimum absolute atomic E-state index is 0.0421. The van der Waals surface area contributed by atoms with Crippen molar-refractivity contribution in [3.8, 4) is 17.6 Å². The van der Waals surface area contributed by atoms with Crippen LogP contribution in [0.4, 0.5) is 11.4 Å². The van der Waals surface area contributed by atoms with E-state index in [1.54, 1.807) is 18.2 Å². The van der Waals surface area contributed by atoms with Gasteiger partial charge in [0.15, 0.2) is 0 Å². The molecule has 0 saturated heterocycles. The lowest BCUT2D eigenvalue weighted by Gasteiger charge is -2.38. The first-order valence-corrected chi connectivity index (χ1v) is 15.5. The molecular weight excluding hydrogens is 598 g/mol. The number of hydrogen-bond acceptors (Lipinski definition) is 6. The molecule has 0 radical (unpaired) electrons. The lowest BCUT2D eigenvalue weighted by Crippen LogP contribution is -2.36. The Kier molecular flexibility index (Phi) is 6.18. The van der Waals surface area contributed by atoms with Crippen molar-refractivity contribution in [3.63, 3.8) is 0 Å². The van der Waals surface area contributed by atoms with Gasteiger partial charge in [-0.25, -0.2) is 14.7 Å². The second-order valence-corrected chi connectivity index (χ2v) is 12.6. The molecule has 1 heterocycles. The molecule has 232 valence electrons. The average Bonchev–Trinajstić information content (AvgIpc) is 3.07. The van der Waals surface area contributed by atoms with Crippen LogP contribution in [-0.2, 0) is 0 Å². The third kappa shape index (κ3) is 3.66. The molecule has 0 saturated carbocycles. The average molecular weight is 629 g/mol. The maximum atomic E-state index is 12.4. The molecular formula is C40H30N5O3+. The lowest BCUT2D eigenvalue weighted by atomic mass is 9.69. The summed E-state index contributed by atoms with van der Waals surface area (Å²) in [4.78, 5) is 7.80. The first-order valence-electron chi connectivity index (χ1n) is 15.5. The Balaban J connectivity index is 1.60. The van der Waals surface area contributed by atoms with Crippen LogP contribution < -0.4 is 9.80 Å². The Morgan fingerprint density at radius 3 is 1.98 bits per heavy atom. The van der Waals surface area contributed by atoms with Crippen LogP contribution in [0, 0.1) is 17.9 Å². The summed E-state index contributed by atoms with van der Waals surface area (Å²) in [5, 5.41) is 48.2. The van der Waals surface area contributed by atoms with Crippen molar-refractivity contribution in [2.75, 3.05) is 44.7 Å². The van der Waals surface area contributed by atoms with Gasteiger partial charge in [0.25, 0.3) is 5.70 Å². The Morgan fingerprint density at radius 2 is 1.38 bits per heavy atom. The van der Waals surface area contributed by atoms with Crippen molar-refractivity contribution in [2.24, 2.45) is 0 Å². The van der Waals surface area contributed by atoms with Crippen molar-refractivity contribution >= 4 is 49.8 Å². The van der Waals surface area contributed by atoms with E-state index < -0.39 is 0 Å². The monoisotopic (exact) mass is 628 g/mol. The van der Waals surface area contributed by atoms with Gasteiger partial charge in [-0.15, -0.1) is 0 Å². The van der Waals surface area contributed by atoms with Gasteiger partial charge in [-0.05, 0) is 41.5 Å². The first-order chi connectivity index (χ1) is 23.2. The van der Waals surface area contributed by atoms with E-state index in [1.165, 1.54) is 0 Å². The number of aliphatic hydroxyl groups is 1. The summed E-state index contributed by atoms with van der Waals surface area (Å²) in [6, 6.07) is 26.7. The highest BCUT2D eigenvalue weighted by Crippen LogP contribution is 2.59. The van der Waals surface area contributed by atoms with Crippen LogP contribution >= 0.6 is 0 Å². The van der Waals surface area contributed by atoms with E-state index in [2.05, 4.69) is 25.3 Å². The number of nitriles is 1. The normalized spacial score (nSPS) is 16.0. The van der Waals surface area contributed by atoms with E-state index in [1.807, 2.05) is 88.9 Å². The molecule has 0 spiro atoms. The van der Waals surface area contributed by atoms with Gasteiger partial charge >= 0.3 is 0 Å². The molecule has 5 aromatic carbocycles. The number of anilines is 2. The summed E-state index contributed by atoms with van der Waals surface area (Å²) in [5.41, 5.74) is 8.14. The molecule has 1 aliphatic heterocycles. The molecule has 48 heavy (non-hydrogen) atoms. The predicted octanol–water partition coefficient (Wildman–Crippen LogP) is 7.15. The highest BCUT2D eigenvalue weighted by Gasteiger charge is 2.43. The minimum atomic E-state index is -0.194. The maximum absolute atomic E-state index is 12.4. The lowest BCUT2D eigenvalue weighted by molar-refractivity contribution is -0.463. The van der Waals surface area contributed by atoms with Gasteiger partial charge in [-0.1, -0.05) is 48.5 Å². The minimum Gasteiger partial charge on any atom is -0.507 e. The topological polar surface area (TPSA) is 98.3 Å². The number of hydrogen-bond donors (Lipinski definition) is 3. The Bertz CT molecular complexity index is 2470. The summed E-state index contributed by atoms with van der Waals surface area (Å²) in [6.07, 6.45) is 0. The fraction of sp³-hybridized carbons (Fsp3) is 0.125. The van der Waals surface area contributed by atoms with E-state index in [9.17, 15) is 20.6 Å². The van der Waals surface area contributed by atoms with Crippen LogP contribution in [0.25, 0.3) is 37.5 Å². The summed E-state index contributed by atoms with van der Waals surface area (Å²) < 4.78 is 2.07. The van der Waals surface area contributed by atoms with Gasteiger partial charge in [-0.3, -0.25) is 0 Å². The molecule has 5 aromatic rings. The SMILES string of the molecule is [C-]#[N+]/C(C#N)=C1\C(=C2c3ccccc3C(=[N+](C)C)c3ccccc32)C(O)=C1c1c2c(O)cccc2c2c3c(ccc(O)c13)N(C)CN2C. The van der Waals surface area contributed by atoms with Crippen LogP contribution in [-0.4, -0.2) is 60.5 Å². The zero-order valence-electron chi connectivity index (χ0n) is 26.8. The summed E-state index contributed by atoms with van der Waals surface area (Å²) in [5.74, 6) is -0.200. The quantitative estimate of drug-likeness (QED) is 0.0774. The zero-order valence-corrected chi connectivity index (χ0v) is 26.8. The van der Waals surface area contributed by atoms with Crippen LogP contribution in [0.5, 0.6) is 11.5 Å². The second kappa shape index (κ2) is 10.2. The van der Waals surface area contributed by atoms with Crippen LogP contribution in [0.2, 0.25) is 0 Å². The van der Waals surface area contributed by atoms with E-state index in [0.29, 0.717) is 34.2 Å². The maximum Gasteiger partial charge on any atom is 0.270 e. The fourth-order valence-corrected chi connectivity index (χ4v) is 7.90. The van der Waals surface area contributed by atoms with Gasteiger partial charge in [0.1, 0.15) is 31.4 Å². The van der Waals surface area contributed by atoms with Crippen LogP contribution in [0.1, 0.15) is 27.8 Å². The number of allylic oxidation sites excluding steroid dienone is 3. The van der Waals surface area contributed by atoms with Gasteiger partial charge in [-0.2, -0.15) is 0 Å². The Morgan fingerprint density at radius 1 is 0.750 bits per heavy atom. The van der Waals surface area contributed by atoms with Crippen LogP contribution in [0.15, 0.2) is 101 Å². The number of rotatable bonds is 1. The second-order valence-electron chi connectivity index (χ2n) is 12.6. The number of phenols is 2. The Labute approximate surface area is 277 Å². The molecule has 0 unspecified atom stereocenters. The highest BCUT2D eigenvalue weighted by atomic mass is 16.3. The Hall–Kier alpha value is -6.51. The zero-order chi connectivity index (χ0) is 33.6. The van der Waals surface area contributed by atoms with Gasteiger partial charge in [0, 0.05) is 69.2 Å². The summed E-state index contributed by atoms with van der Waals surface area (Å²) >= 11 is 0. The van der Waals surface area contributed by atoms with E-state index in [0.717, 1.165) is 50.1 Å². The van der Waals surface area contributed by atoms with Crippen molar-refractivity contribution in [1.29, 1.82) is 5.26 Å². The molecule has 3 aliphatic rings. The largest absolute Gasteiger partial charge is 0.507 e. The van der Waals surface area contributed by atoms with E-state index >= 15 is 0 Å². The fourth-order valence-electron chi connectivity index (χ4n) is 7.90. The smallest absolute Gasteiger partial charge is 0.270 e. The predicted molar refractivity (Wildman–Crippen MR) is 189 cm³/mol. The molecule has 0 fully saturated rings. The molecule has 0 aromatic heterocycles. The summed E-state index contributed by atoms with van der Waals surface area (Å²) in [6.45, 7) is 8.67. The highest BCUT2D eigenvalue weighted by molar-refractivity contribution is 6.28. The third-order valence-electron chi connectivity index (χ3n) is 9.69. The van der Waals surface area contributed by atoms with E-state index in [4.69, 9.17) is 6.57 Å². The van der Waals surface area contributed by atoms with Crippen molar-refractivity contribution < 1.29 is 19.9 Å². The number of aliphatic hydroxyl groups excluding tert-OH is 1. The van der Waals surface area contributed by atoms with Crippen molar-refractivity contribution in [3.05, 3.63) is 141 Å². The number of nitrogens with zero attached hydrogens (tertiary/aromatic N) is 5. The number of fused-ring (bicyclic) bond motifs is 4. The molecule has 8 nitrogen and oxygen atoms in total.